The monoisotopic (exact) mass is 343 g/mol. The van der Waals surface area contributed by atoms with Crippen LogP contribution < -0.4 is 9.50 Å². The van der Waals surface area contributed by atoms with E-state index in [1.807, 2.05) is 0 Å². The first-order valence-corrected chi connectivity index (χ1v) is 8.92. The fraction of sp³-hybridized carbons (Fsp3) is 0.467. The molecule has 23 heavy (non-hydrogen) atoms. The van der Waals surface area contributed by atoms with Gasteiger partial charge in [0.05, 0.1) is 19.3 Å². The van der Waals surface area contributed by atoms with Gasteiger partial charge >= 0.3 is 16.1 Å². The Hall–Kier alpha value is -2.09. The summed E-state index contributed by atoms with van der Waals surface area (Å²) in [6.07, 6.45) is 1.44. The molecule has 0 heterocycles. The molecule has 0 bridgehead atoms. The zero-order valence-electron chi connectivity index (χ0n) is 13.4. The number of carbonyl (C=O) groups is 2. The van der Waals surface area contributed by atoms with Crippen LogP contribution in [0.2, 0.25) is 0 Å². The van der Waals surface area contributed by atoms with Gasteiger partial charge in [0.1, 0.15) is 5.75 Å². The highest BCUT2D eigenvalue weighted by Gasteiger charge is 2.16. The molecular weight excluding hydrogens is 322 g/mol. The van der Waals surface area contributed by atoms with Crippen LogP contribution in [0.15, 0.2) is 24.3 Å². The summed E-state index contributed by atoms with van der Waals surface area (Å²) >= 11 is 0. The van der Waals surface area contributed by atoms with E-state index >= 15 is 0 Å². The van der Waals surface area contributed by atoms with Crippen molar-refractivity contribution in [1.82, 2.24) is 5.32 Å². The third kappa shape index (κ3) is 8.20. The van der Waals surface area contributed by atoms with Gasteiger partial charge in [0.15, 0.2) is 0 Å². The summed E-state index contributed by atoms with van der Waals surface area (Å²) in [4.78, 5) is 22.8. The fourth-order valence-corrected chi connectivity index (χ4v) is 2.48. The second-order valence-corrected chi connectivity index (χ2v) is 6.62. The SMILES string of the molecule is CCOC(=O)CC(Cc1ccc(OS(C)(=O)=O)cc1)NC(C)=O. The van der Waals surface area contributed by atoms with Crippen molar-refractivity contribution in [3.05, 3.63) is 29.8 Å². The Labute approximate surface area is 136 Å². The quantitative estimate of drug-likeness (QED) is 0.559. The molecule has 7 nitrogen and oxygen atoms in total. The predicted molar refractivity (Wildman–Crippen MR) is 84.5 cm³/mol. The van der Waals surface area contributed by atoms with Crippen molar-refractivity contribution in [2.45, 2.75) is 32.7 Å². The maximum absolute atomic E-state index is 11.6. The van der Waals surface area contributed by atoms with Gasteiger partial charge in [0, 0.05) is 13.0 Å². The smallest absolute Gasteiger partial charge is 0.307 e. The lowest BCUT2D eigenvalue weighted by Gasteiger charge is -2.17. The molecule has 128 valence electrons. The van der Waals surface area contributed by atoms with Gasteiger partial charge in [0.2, 0.25) is 5.91 Å². The van der Waals surface area contributed by atoms with Gasteiger partial charge in [-0.15, -0.1) is 0 Å². The Bertz CT molecular complexity index is 638. The summed E-state index contributed by atoms with van der Waals surface area (Å²) < 4.78 is 31.7. The average Bonchev–Trinajstić information content (AvgIpc) is 2.38. The van der Waals surface area contributed by atoms with Gasteiger partial charge < -0.3 is 14.2 Å². The van der Waals surface area contributed by atoms with E-state index in [4.69, 9.17) is 8.92 Å². The fourth-order valence-electron chi connectivity index (χ4n) is 2.02. The van der Waals surface area contributed by atoms with E-state index in [1.54, 1.807) is 19.1 Å². The molecule has 8 heteroatoms. The lowest BCUT2D eigenvalue weighted by molar-refractivity contribution is -0.143. The highest BCUT2D eigenvalue weighted by Crippen LogP contribution is 2.16. The Morgan fingerprint density at radius 3 is 2.30 bits per heavy atom. The van der Waals surface area contributed by atoms with E-state index in [1.165, 1.54) is 19.1 Å². The first kappa shape index (κ1) is 19.0. The largest absolute Gasteiger partial charge is 0.466 e. The molecule has 1 aromatic rings. The van der Waals surface area contributed by atoms with Crippen LogP contribution in [0.25, 0.3) is 0 Å². The van der Waals surface area contributed by atoms with Crippen LogP contribution >= 0.6 is 0 Å². The standard InChI is InChI=1S/C15H21NO6S/c1-4-21-15(18)10-13(16-11(2)17)9-12-5-7-14(8-6-12)22-23(3,19)20/h5-8,13H,4,9-10H2,1-3H3,(H,16,17). The molecule has 0 saturated heterocycles. The summed E-state index contributed by atoms with van der Waals surface area (Å²) in [5, 5.41) is 2.70. The molecule has 0 radical (unpaired) electrons. The second kappa shape index (κ2) is 8.52. The zero-order chi connectivity index (χ0) is 17.5. The Morgan fingerprint density at radius 1 is 1.22 bits per heavy atom. The first-order chi connectivity index (χ1) is 10.7. The van der Waals surface area contributed by atoms with Crippen LogP contribution in [0.5, 0.6) is 5.75 Å². The van der Waals surface area contributed by atoms with Gasteiger partial charge in [-0.1, -0.05) is 12.1 Å². The highest BCUT2D eigenvalue weighted by atomic mass is 32.2. The topological polar surface area (TPSA) is 98.8 Å². The third-order valence-electron chi connectivity index (χ3n) is 2.78. The molecule has 0 aliphatic heterocycles. The minimum atomic E-state index is -3.57. The molecule has 0 aromatic heterocycles. The minimum absolute atomic E-state index is 0.0645. The summed E-state index contributed by atoms with van der Waals surface area (Å²) in [6, 6.07) is 6.01. The number of amides is 1. The summed E-state index contributed by atoms with van der Waals surface area (Å²) in [5.41, 5.74) is 0.828. The van der Waals surface area contributed by atoms with Gasteiger partial charge in [-0.05, 0) is 31.0 Å². The first-order valence-electron chi connectivity index (χ1n) is 7.10. The van der Waals surface area contributed by atoms with Crippen LogP contribution in [-0.2, 0) is 30.9 Å². The number of esters is 1. The van der Waals surface area contributed by atoms with Gasteiger partial charge in [0.25, 0.3) is 0 Å². The Morgan fingerprint density at radius 2 is 1.83 bits per heavy atom. The highest BCUT2D eigenvalue weighted by molar-refractivity contribution is 7.86. The van der Waals surface area contributed by atoms with Crippen molar-refractivity contribution >= 4 is 22.0 Å². The molecule has 1 amide bonds. The molecule has 0 aliphatic carbocycles. The van der Waals surface area contributed by atoms with E-state index in [0.29, 0.717) is 6.42 Å². The van der Waals surface area contributed by atoms with Crippen LogP contribution in [0, 0.1) is 0 Å². The molecule has 1 rings (SSSR count). The number of benzene rings is 1. The summed E-state index contributed by atoms with van der Waals surface area (Å²) in [7, 11) is -3.57. The predicted octanol–water partition coefficient (Wildman–Crippen LogP) is 1.03. The number of hydrogen-bond acceptors (Lipinski definition) is 6. The van der Waals surface area contributed by atoms with Crippen molar-refractivity contribution in [2.24, 2.45) is 0 Å². The Balaban J connectivity index is 2.74. The van der Waals surface area contributed by atoms with E-state index < -0.39 is 16.2 Å². The molecule has 0 fully saturated rings. The molecule has 0 saturated carbocycles. The number of hydrogen-bond donors (Lipinski definition) is 1. The van der Waals surface area contributed by atoms with E-state index in [2.05, 4.69) is 5.32 Å². The second-order valence-electron chi connectivity index (χ2n) is 5.04. The lowest BCUT2D eigenvalue weighted by atomic mass is 10.0. The molecule has 1 aromatic carbocycles. The van der Waals surface area contributed by atoms with Crippen LogP contribution in [0.1, 0.15) is 25.8 Å². The Kier molecular flexibility index (Phi) is 7.02. The van der Waals surface area contributed by atoms with Crippen LogP contribution in [0.3, 0.4) is 0 Å². The minimum Gasteiger partial charge on any atom is -0.466 e. The number of rotatable bonds is 8. The zero-order valence-corrected chi connectivity index (χ0v) is 14.2. The summed E-state index contributed by atoms with van der Waals surface area (Å²) in [6.45, 7) is 3.37. The molecule has 0 spiro atoms. The van der Waals surface area contributed by atoms with Crippen molar-refractivity contribution in [2.75, 3.05) is 12.9 Å². The number of ether oxygens (including phenoxy) is 1. The third-order valence-corrected chi connectivity index (χ3v) is 3.27. The van der Waals surface area contributed by atoms with Crippen molar-refractivity contribution in [1.29, 1.82) is 0 Å². The van der Waals surface area contributed by atoms with Gasteiger partial charge in [-0.25, -0.2) is 0 Å². The maximum atomic E-state index is 11.6. The molecule has 0 aliphatic rings. The normalized spacial score (nSPS) is 12.3. The number of carbonyl (C=O) groups excluding carboxylic acids is 2. The van der Waals surface area contributed by atoms with Gasteiger partial charge in [-0.2, -0.15) is 8.42 Å². The molecule has 1 unspecified atom stereocenters. The van der Waals surface area contributed by atoms with E-state index in [0.717, 1.165) is 11.8 Å². The summed E-state index contributed by atoms with van der Waals surface area (Å²) in [5.74, 6) is -0.419. The van der Waals surface area contributed by atoms with Crippen molar-refractivity contribution < 1.29 is 26.9 Å². The van der Waals surface area contributed by atoms with Crippen molar-refractivity contribution in [3.8, 4) is 5.75 Å². The van der Waals surface area contributed by atoms with Crippen LogP contribution in [0.4, 0.5) is 0 Å². The lowest BCUT2D eigenvalue weighted by Crippen LogP contribution is -2.37. The molecule has 1 atom stereocenters. The maximum Gasteiger partial charge on any atom is 0.307 e. The number of nitrogens with one attached hydrogen (secondary N) is 1. The van der Waals surface area contributed by atoms with E-state index in [-0.39, 0.29) is 30.7 Å². The van der Waals surface area contributed by atoms with E-state index in [9.17, 15) is 18.0 Å². The van der Waals surface area contributed by atoms with Gasteiger partial charge in [-0.3, -0.25) is 9.59 Å². The average molecular weight is 343 g/mol. The molecular formula is C15H21NO6S. The molecule has 1 N–H and O–H groups in total. The van der Waals surface area contributed by atoms with Crippen molar-refractivity contribution in [3.63, 3.8) is 0 Å². The van der Waals surface area contributed by atoms with Crippen LogP contribution in [-0.4, -0.2) is 39.2 Å².